The van der Waals surface area contributed by atoms with Crippen LogP contribution < -0.4 is 0 Å². The van der Waals surface area contributed by atoms with Crippen LogP contribution in [0.1, 0.15) is 129 Å². The molecule has 0 bridgehead atoms. The fourth-order valence-corrected chi connectivity index (χ4v) is 9.77. The highest BCUT2D eigenvalue weighted by Gasteiger charge is 2.38. The number of hydrogen-bond acceptors (Lipinski definition) is 4. The van der Waals surface area contributed by atoms with Crippen molar-refractivity contribution < 1.29 is 9.59 Å². The highest BCUT2D eigenvalue weighted by molar-refractivity contribution is 6.01. The van der Waals surface area contributed by atoms with E-state index >= 15 is 0 Å². The number of nitrogens with zero attached hydrogens (tertiary/aromatic N) is 6. The van der Waals surface area contributed by atoms with Crippen molar-refractivity contribution >= 4 is 11.8 Å². The molecule has 8 heteroatoms. The van der Waals surface area contributed by atoms with Gasteiger partial charge in [-0.2, -0.15) is 10.2 Å². The van der Waals surface area contributed by atoms with Crippen LogP contribution in [0.2, 0.25) is 0 Å². The Balaban J connectivity index is 0.000000162. The maximum atomic E-state index is 13.6. The maximum Gasteiger partial charge on any atom is 0.257 e. The van der Waals surface area contributed by atoms with Crippen molar-refractivity contribution in [1.29, 1.82) is 0 Å². The molecule has 4 atom stereocenters. The second-order valence-corrected chi connectivity index (χ2v) is 16.2. The smallest absolute Gasteiger partial charge is 0.257 e. The summed E-state index contributed by atoms with van der Waals surface area (Å²) in [5.41, 5.74) is 8.03. The van der Waals surface area contributed by atoms with Gasteiger partial charge in [-0.05, 0) is 93.7 Å². The summed E-state index contributed by atoms with van der Waals surface area (Å²) in [5, 5.41) is 8.87. The molecule has 4 unspecified atom stereocenters. The number of aryl methyl sites for hydroxylation is 3. The van der Waals surface area contributed by atoms with Crippen molar-refractivity contribution in [2.24, 2.45) is 25.9 Å². The average molecular weight is 703 g/mol. The standard InChI is InChI=1S/C23H31N3O.C21H27N3O/c1-16(2)18-9-6-10-19(14-18)22-20(15-24-25(22)3)23(27)26-13-7-11-17-8-4-5-12-21(17)26;1-15-7-5-9-17(13-15)20-18(14-22-23(20)2)21(25)24-12-6-10-16-8-3-4-11-19(16)24/h6,9-10,14-17,21H,4-5,7-8,11-13H2,1-3H3;5,7,9,13-14,16,19H,3-4,6,8,10-12H2,1-2H3. The molecule has 2 aromatic heterocycles. The lowest BCUT2D eigenvalue weighted by Crippen LogP contribution is -2.49. The molecule has 52 heavy (non-hydrogen) atoms. The lowest BCUT2D eigenvalue weighted by molar-refractivity contribution is 0.0386. The SMILES string of the molecule is CC(C)c1cccc(-c2c(C(=O)N3CCCC4CCCCC43)cnn2C)c1.Cc1cccc(-c2c(C(=O)N3CCCC4CCCCC43)cnn2C)c1. The molecule has 2 saturated heterocycles. The van der Waals surface area contributed by atoms with Gasteiger partial charge in [0.05, 0.1) is 34.9 Å². The minimum Gasteiger partial charge on any atom is -0.335 e. The normalized spacial score (nSPS) is 23.0. The van der Waals surface area contributed by atoms with E-state index in [1.807, 2.05) is 29.5 Å². The van der Waals surface area contributed by atoms with Gasteiger partial charge in [-0.3, -0.25) is 19.0 Å². The molecule has 2 amide bonds. The summed E-state index contributed by atoms with van der Waals surface area (Å²) >= 11 is 0. The first-order chi connectivity index (χ1) is 25.2. The first-order valence-electron chi connectivity index (χ1n) is 20.0. The molecular formula is C44H58N6O2. The fourth-order valence-electron chi connectivity index (χ4n) is 9.77. The molecule has 8 nitrogen and oxygen atoms in total. The number of benzene rings is 2. The van der Waals surface area contributed by atoms with Crippen molar-refractivity contribution in [1.82, 2.24) is 29.4 Å². The second kappa shape index (κ2) is 15.8. The molecule has 4 aromatic rings. The van der Waals surface area contributed by atoms with Gasteiger partial charge in [0.2, 0.25) is 0 Å². The summed E-state index contributed by atoms with van der Waals surface area (Å²) in [4.78, 5) is 31.3. The molecule has 2 aliphatic carbocycles. The molecule has 4 heterocycles. The van der Waals surface area contributed by atoms with Gasteiger partial charge in [-0.1, -0.05) is 81.5 Å². The van der Waals surface area contributed by atoms with Crippen LogP contribution in [0.3, 0.4) is 0 Å². The van der Waals surface area contributed by atoms with E-state index < -0.39 is 0 Å². The van der Waals surface area contributed by atoms with Crippen LogP contribution >= 0.6 is 0 Å². The lowest BCUT2D eigenvalue weighted by Gasteiger charge is -2.44. The molecule has 4 fully saturated rings. The second-order valence-electron chi connectivity index (χ2n) is 16.2. The van der Waals surface area contributed by atoms with Crippen LogP contribution in [-0.4, -0.2) is 66.3 Å². The predicted octanol–water partition coefficient (Wildman–Crippen LogP) is 9.20. The molecule has 276 valence electrons. The number of fused-ring (bicyclic) bond motifs is 2. The van der Waals surface area contributed by atoms with Crippen LogP contribution in [0, 0.1) is 18.8 Å². The number of aromatic nitrogens is 4. The lowest BCUT2D eigenvalue weighted by atomic mass is 9.78. The first-order valence-corrected chi connectivity index (χ1v) is 20.0. The van der Waals surface area contributed by atoms with E-state index in [1.165, 1.54) is 62.5 Å². The third kappa shape index (κ3) is 7.35. The zero-order valence-electron chi connectivity index (χ0n) is 32.1. The van der Waals surface area contributed by atoms with E-state index in [2.05, 4.69) is 83.2 Å². The molecule has 8 rings (SSSR count). The Morgan fingerprint density at radius 2 is 1.10 bits per heavy atom. The Bertz CT molecular complexity index is 1870. The Kier molecular flexibility index (Phi) is 11.0. The Morgan fingerprint density at radius 1 is 0.635 bits per heavy atom. The quantitative estimate of drug-likeness (QED) is 0.208. The Hall–Kier alpha value is -4.20. The highest BCUT2D eigenvalue weighted by Crippen LogP contribution is 2.38. The van der Waals surface area contributed by atoms with E-state index in [0.717, 1.165) is 72.4 Å². The van der Waals surface area contributed by atoms with Gasteiger partial charge in [-0.15, -0.1) is 0 Å². The summed E-state index contributed by atoms with van der Waals surface area (Å²) in [6.07, 6.45) is 18.4. The van der Waals surface area contributed by atoms with Crippen molar-refractivity contribution in [2.45, 2.75) is 116 Å². The summed E-state index contributed by atoms with van der Waals surface area (Å²) < 4.78 is 3.69. The van der Waals surface area contributed by atoms with Gasteiger partial charge in [0.1, 0.15) is 0 Å². The van der Waals surface area contributed by atoms with E-state index in [9.17, 15) is 9.59 Å². The number of carbonyl (C=O) groups is 2. The van der Waals surface area contributed by atoms with Crippen LogP contribution in [0.25, 0.3) is 22.5 Å². The predicted molar refractivity (Wildman–Crippen MR) is 208 cm³/mol. The maximum absolute atomic E-state index is 13.6. The molecular weight excluding hydrogens is 645 g/mol. The largest absolute Gasteiger partial charge is 0.335 e. The van der Waals surface area contributed by atoms with Gasteiger partial charge in [0.25, 0.3) is 11.8 Å². The molecule has 2 saturated carbocycles. The Morgan fingerprint density at radius 3 is 1.60 bits per heavy atom. The summed E-state index contributed by atoms with van der Waals surface area (Å²) in [6, 6.07) is 17.7. The van der Waals surface area contributed by atoms with E-state index in [1.54, 1.807) is 12.4 Å². The van der Waals surface area contributed by atoms with Crippen LogP contribution in [-0.2, 0) is 14.1 Å². The minimum atomic E-state index is 0.168. The van der Waals surface area contributed by atoms with Gasteiger partial charge in [0, 0.05) is 50.4 Å². The van der Waals surface area contributed by atoms with Crippen molar-refractivity contribution in [3.8, 4) is 22.5 Å². The Labute approximate surface area is 310 Å². The average Bonchev–Trinajstić information content (AvgIpc) is 3.76. The van der Waals surface area contributed by atoms with Gasteiger partial charge < -0.3 is 9.80 Å². The zero-order valence-corrected chi connectivity index (χ0v) is 32.1. The van der Waals surface area contributed by atoms with Crippen LogP contribution in [0.15, 0.2) is 60.9 Å². The molecule has 2 aliphatic heterocycles. The van der Waals surface area contributed by atoms with E-state index in [-0.39, 0.29) is 11.8 Å². The fraction of sp³-hybridized carbons (Fsp3) is 0.545. The summed E-state index contributed by atoms with van der Waals surface area (Å²) in [7, 11) is 3.86. The topological polar surface area (TPSA) is 76.3 Å². The molecule has 2 aromatic carbocycles. The van der Waals surface area contributed by atoms with Gasteiger partial charge >= 0.3 is 0 Å². The molecule has 4 aliphatic rings. The number of hydrogen-bond donors (Lipinski definition) is 0. The van der Waals surface area contributed by atoms with Crippen molar-refractivity contribution in [3.05, 3.63) is 83.2 Å². The van der Waals surface area contributed by atoms with Gasteiger partial charge in [-0.25, -0.2) is 0 Å². The number of piperidine rings is 2. The minimum absolute atomic E-state index is 0.168. The molecule has 0 spiro atoms. The first kappa shape index (κ1) is 36.2. The van der Waals surface area contributed by atoms with Crippen molar-refractivity contribution in [3.63, 3.8) is 0 Å². The summed E-state index contributed by atoms with van der Waals surface area (Å²) in [6.45, 7) is 8.26. The van der Waals surface area contributed by atoms with Gasteiger partial charge in [0.15, 0.2) is 0 Å². The van der Waals surface area contributed by atoms with Crippen molar-refractivity contribution in [2.75, 3.05) is 13.1 Å². The summed E-state index contributed by atoms with van der Waals surface area (Å²) in [5.74, 6) is 2.19. The number of carbonyl (C=O) groups excluding carboxylic acids is 2. The third-order valence-corrected chi connectivity index (χ3v) is 12.5. The number of amides is 2. The van der Waals surface area contributed by atoms with Crippen LogP contribution in [0.4, 0.5) is 0 Å². The third-order valence-electron chi connectivity index (χ3n) is 12.5. The number of likely N-dealkylation sites (tertiary alicyclic amines) is 2. The van der Waals surface area contributed by atoms with Crippen LogP contribution in [0.5, 0.6) is 0 Å². The highest BCUT2D eigenvalue weighted by atomic mass is 16.2. The number of rotatable bonds is 5. The van der Waals surface area contributed by atoms with E-state index in [0.29, 0.717) is 29.8 Å². The molecule has 0 radical (unpaired) electrons. The monoisotopic (exact) mass is 702 g/mol. The zero-order chi connectivity index (χ0) is 36.4. The molecule has 0 N–H and O–H groups in total. The van der Waals surface area contributed by atoms with E-state index in [4.69, 9.17) is 0 Å².